The molecule has 2 nitrogen and oxygen atoms in total. The van der Waals surface area contributed by atoms with E-state index in [1.807, 2.05) is 12.1 Å². The molecule has 1 N–H and O–H groups in total. The molecular weight excluding hydrogens is 271 g/mol. The molecule has 16 heavy (non-hydrogen) atoms. The minimum atomic E-state index is -0.209. The Morgan fingerprint density at radius 2 is 2.19 bits per heavy atom. The van der Waals surface area contributed by atoms with Crippen LogP contribution in [0, 0.1) is 5.82 Å². The molecule has 2 atom stereocenters. The van der Waals surface area contributed by atoms with E-state index in [2.05, 4.69) is 40.0 Å². The van der Waals surface area contributed by atoms with Crippen molar-refractivity contribution in [3.63, 3.8) is 0 Å². The van der Waals surface area contributed by atoms with Crippen LogP contribution < -0.4 is 10.2 Å². The lowest BCUT2D eigenvalue weighted by Gasteiger charge is -2.39. The van der Waals surface area contributed by atoms with Gasteiger partial charge in [0.2, 0.25) is 0 Å². The Balaban J connectivity index is 2.24. The summed E-state index contributed by atoms with van der Waals surface area (Å²) in [6.07, 6.45) is 0. The van der Waals surface area contributed by atoms with Crippen LogP contribution in [0.1, 0.15) is 13.8 Å². The number of rotatable bonds is 1. The third-order valence-electron chi connectivity index (χ3n) is 3.00. The molecule has 1 aromatic carbocycles. The molecule has 1 aliphatic rings. The minimum Gasteiger partial charge on any atom is -0.366 e. The molecule has 0 bridgehead atoms. The fourth-order valence-corrected chi connectivity index (χ4v) is 2.41. The van der Waals surface area contributed by atoms with E-state index in [-0.39, 0.29) is 5.82 Å². The summed E-state index contributed by atoms with van der Waals surface area (Å²) in [6, 6.07) is 6.12. The summed E-state index contributed by atoms with van der Waals surface area (Å²) in [5.74, 6) is -0.209. The molecule has 88 valence electrons. The molecular formula is C12H16BrFN2. The molecule has 1 saturated heterocycles. The van der Waals surface area contributed by atoms with Crippen LogP contribution in [0.25, 0.3) is 0 Å². The number of halogens is 2. The van der Waals surface area contributed by atoms with Gasteiger partial charge >= 0.3 is 0 Å². The molecule has 2 unspecified atom stereocenters. The Morgan fingerprint density at radius 1 is 1.44 bits per heavy atom. The Hall–Kier alpha value is -0.610. The number of piperazine rings is 1. The van der Waals surface area contributed by atoms with Crippen molar-refractivity contribution in [3.8, 4) is 0 Å². The first-order chi connectivity index (χ1) is 7.58. The normalized spacial score (nSPS) is 25.9. The predicted octanol–water partition coefficient (Wildman–Crippen LogP) is 2.77. The van der Waals surface area contributed by atoms with Gasteiger partial charge in [-0.2, -0.15) is 0 Å². The lowest BCUT2D eigenvalue weighted by atomic mass is 10.1. The molecule has 0 spiro atoms. The van der Waals surface area contributed by atoms with E-state index < -0.39 is 0 Å². The van der Waals surface area contributed by atoms with Gasteiger partial charge < -0.3 is 10.2 Å². The molecule has 0 saturated carbocycles. The van der Waals surface area contributed by atoms with Crippen molar-refractivity contribution in [2.75, 3.05) is 18.0 Å². The molecule has 0 amide bonds. The Kier molecular flexibility index (Phi) is 3.50. The van der Waals surface area contributed by atoms with Crippen LogP contribution in [0.2, 0.25) is 0 Å². The summed E-state index contributed by atoms with van der Waals surface area (Å²) < 4.78 is 13.7. The summed E-state index contributed by atoms with van der Waals surface area (Å²) in [5, 5.41) is 3.43. The van der Waals surface area contributed by atoms with Gasteiger partial charge in [0.15, 0.2) is 0 Å². The molecule has 1 fully saturated rings. The summed E-state index contributed by atoms with van der Waals surface area (Å²) in [4.78, 5) is 2.31. The highest BCUT2D eigenvalue weighted by Crippen LogP contribution is 2.25. The first kappa shape index (κ1) is 11.9. The van der Waals surface area contributed by atoms with Crippen molar-refractivity contribution in [1.82, 2.24) is 5.32 Å². The van der Waals surface area contributed by atoms with Crippen LogP contribution >= 0.6 is 15.9 Å². The van der Waals surface area contributed by atoms with E-state index >= 15 is 0 Å². The van der Waals surface area contributed by atoms with Gasteiger partial charge in [-0.15, -0.1) is 0 Å². The van der Waals surface area contributed by atoms with Crippen molar-refractivity contribution in [3.05, 3.63) is 28.5 Å². The largest absolute Gasteiger partial charge is 0.366 e. The molecule has 4 heteroatoms. The van der Waals surface area contributed by atoms with Gasteiger partial charge in [-0.25, -0.2) is 4.39 Å². The highest BCUT2D eigenvalue weighted by Gasteiger charge is 2.22. The van der Waals surface area contributed by atoms with Crippen LogP contribution in [0.5, 0.6) is 0 Å². The quantitative estimate of drug-likeness (QED) is 0.854. The SMILES string of the molecule is CC1CN(c2ccc(F)c(Br)c2)C(C)CN1. The van der Waals surface area contributed by atoms with E-state index in [1.54, 1.807) is 0 Å². The van der Waals surface area contributed by atoms with E-state index in [0.717, 1.165) is 18.8 Å². The van der Waals surface area contributed by atoms with Gasteiger partial charge in [0, 0.05) is 30.9 Å². The van der Waals surface area contributed by atoms with E-state index in [9.17, 15) is 4.39 Å². The maximum absolute atomic E-state index is 13.2. The molecule has 1 aromatic rings. The fraction of sp³-hybridized carbons (Fsp3) is 0.500. The third-order valence-corrected chi connectivity index (χ3v) is 3.61. The maximum Gasteiger partial charge on any atom is 0.137 e. The molecule has 0 radical (unpaired) electrons. The first-order valence-electron chi connectivity index (χ1n) is 5.53. The molecule has 0 aromatic heterocycles. The lowest BCUT2D eigenvalue weighted by Crippen LogP contribution is -2.54. The van der Waals surface area contributed by atoms with Gasteiger partial charge in [-0.3, -0.25) is 0 Å². The minimum absolute atomic E-state index is 0.209. The summed E-state index contributed by atoms with van der Waals surface area (Å²) in [5.41, 5.74) is 1.08. The second-order valence-corrected chi connectivity index (χ2v) is 5.26. The van der Waals surface area contributed by atoms with Gasteiger partial charge in [0.05, 0.1) is 4.47 Å². The zero-order valence-electron chi connectivity index (χ0n) is 9.50. The maximum atomic E-state index is 13.2. The summed E-state index contributed by atoms with van der Waals surface area (Å²) in [7, 11) is 0. The standard InChI is InChI=1S/C12H16BrFN2/c1-8-7-16(9(2)6-15-8)10-3-4-12(14)11(13)5-10/h3-5,8-9,15H,6-7H2,1-2H3. The van der Waals surface area contributed by atoms with Crippen molar-refractivity contribution in [2.24, 2.45) is 0 Å². The van der Waals surface area contributed by atoms with Gasteiger partial charge in [-0.1, -0.05) is 0 Å². The topological polar surface area (TPSA) is 15.3 Å². The van der Waals surface area contributed by atoms with Gasteiger partial charge in [0.1, 0.15) is 5.82 Å². The van der Waals surface area contributed by atoms with E-state index in [0.29, 0.717) is 16.6 Å². The zero-order valence-corrected chi connectivity index (χ0v) is 11.1. The van der Waals surface area contributed by atoms with Crippen LogP contribution in [0.4, 0.5) is 10.1 Å². The van der Waals surface area contributed by atoms with E-state index in [1.165, 1.54) is 6.07 Å². The summed E-state index contributed by atoms with van der Waals surface area (Å²) in [6.45, 7) is 6.27. The second-order valence-electron chi connectivity index (χ2n) is 4.41. The van der Waals surface area contributed by atoms with Crippen molar-refractivity contribution < 1.29 is 4.39 Å². The number of nitrogens with one attached hydrogen (secondary N) is 1. The highest BCUT2D eigenvalue weighted by molar-refractivity contribution is 9.10. The number of anilines is 1. The average Bonchev–Trinajstić information content (AvgIpc) is 2.26. The predicted molar refractivity (Wildman–Crippen MR) is 68.4 cm³/mol. The summed E-state index contributed by atoms with van der Waals surface area (Å²) >= 11 is 3.23. The highest BCUT2D eigenvalue weighted by atomic mass is 79.9. The Morgan fingerprint density at radius 3 is 2.88 bits per heavy atom. The van der Waals surface area contributed by atoms with Crippen molar-refractivity contribution >= 4 is 21.6 Å². The average molecular weight is 287 g/mol. The van der Waals surface area contributed by atoms with Crippen LogP contribution in [-0.2, 0) is 0 Å². The number of hydrogen-bond donors (Lipinski definition) is 1. The lowest BCUT2D eigenvalue weighted by molar-refractivity contribution is 0.425. The third kappa shape index (κ3) is 2.38. The van der Waals surface area contributed by atoms with Crippen LogP contribution in [0.15, 0.2) is 22.7 Å². The number of hydrogen-bond acceptors (Lipinski definition) is 2. The molecule has 2 rings (SSSR count). The number of nitrogens with zero attached hydrogens (tertiary/aromatic N) is 1. The van der Waals surface area contributed by atoms with Crippen LogP contribution in [-0.4, -0.2) is 25.2 Å². The van der Waals surface area contributed by atoms with Gasteiger partial charge in [-0.05, 0) is 48.0 Å². The first-order valence-corrected chi connectivity index (χ1v) is 6.32. The Bertz CT molecular complexity index is 383. The smallest absolute Gasteiger partial charge is 0.137 e. The van der Waals surface area contributed by atoms with Crippen LogP contribution in [0.3, 0.4) is 0 Å². The second kappa shape index (κ2) is 4.72. The van der Waals surface area contributed by atoms with Crippen molar-refractivity contribution in [1.29, 1.82) is 0 Å². The molecule has 0 aliphatic carbocycles. The monoisotopic (exact) mass is 286 g/mol. The fourth-order valence-electron chi connectivity index (χ4n) is 2.05. The Labute approximate surface area is 104 Å². The van der Waals surface area contributed by atoms with Crippen molar-refractivity contribution in [2.45, 2.75) is 25.9 Å². The zero-order chi connectivity index (χ0) is 11.7. The molecule has 1 aliphatic heterocycles. The number of benzene rings is 1. The van der Waals surface area contributed by atoms with E-state index in [4.69, 9.17) is 0 Å². The molecule has 1 heterocycles. The van der Waals surface area contributed by atoms with Gasteiger partial charge in [0.25, 0.3) is 0 Å².